The van der Waals surface area contributed by atoms with E-state index < -0.39 is 0 Å². The van der Waals surface area contributed by atoms with Crippen LogP contribution in [-0.2, 0) is 0 Å². The number of amides is 1. The van der Waals surface area contributed by atoms with E-state index in [4.69, 9.17) is 0 Å². The molecule has 0 saturated carbocycles. The van der Waals surface area contributed by atoms with E-state index in [0.29, 0.717) is 17.1 Å². The van der Waals surface area contributed by atoms with Gasteiger partial charge in [-0.15, -0.1) is 10.2 Å². The van der Waals surface area contributed by atoms with Crippen LogP contribution in [0.1, 0.15) is 15.9 Å². The first-order valence-electron chi connectivity index (χ1n) is 6.68. The van der Waals surface area contributed by atoms with Crippen LogP contribution in [0.25, 0.3) is 5.69 Å². The number of rotatable bonds is 3. The first-order valence-corrected chi connectivity index (χ1v) is 6.68. The molecule has 2 aromatic carbocycles. The van der Waals surface area contributed by atoms with Crippen molar-refractivity contribution in [3.63, 3.8) is 0 Å². The van der Waals surface area contributed by atoms with E-state index >= 15 is 0 Å². The molecule has 0 spiro atoms. The molecule has 0 aliphatic carbocycles. The Balaban J connectivity index is 1.88. The van der Waals surface area contributed by atoms with Gasteiger partial charge in [0.25, 0.3) is 5.91 Å². The summed E-state index contributed by atoms with van der Waals surface area (Å²) in [7, 11) is 0. The van der Waals surface area contributed by atoms with Crippen LogP contribution in [0, 0.1) is 12.7 Å². The summed E-state index contributed by atoms with van der Waals surface area (Å²) in [5, 5.41) is 10.4. The van der Waals surface area contributed by atoms with Gasteiger partial charge >= 0.3 is 0 Å². The van der Waals surface area contributed by atoms with Gasteiger partial charge in [-0.3, -0.25) is 14.7 Å². The van der Waals surface area contributed by atoms with E-state index in [2.05, 4.69) is 15.5 Å². The van der Waals surface area contributed by atoms with Crippen molar-refractivity contribution in [3.05, 3.63) is 71.8 Å². The van der Waals surface area contributed by atoms with Crippen molar-refractivity contribution in [2.24, 2.45) is 0 Å². The molecule has 110 valence electrons. The molecule has 6 heteroatoms. The number of nitrogens with zero attached hydrogens (tertiary/aromatic N) is 3. The molecule has 1 heterocycles. The number of benzene rings is 2. The maximum Gasteiger partial charge on any atom is 0.258 e. The average Bonchev–Trinajstić information content (AvgIpc) is 2.96. The maximum absolute atomic E-state index is 13.1. The van der Waals surface area contributed by atoms with Crippen molar-refractivity contribution in [3.8, 4) is 5.69 Å². The highest BCUT2D eigenvalue weighted by Gasteiger charge is 2.14. The van der Waals surface area contributed by atoms with E-state index in [1.807, 2.05) is 30.3 Å². The summed E-state index contributed by atoms with van der Waals surface area (Å²) in [6, 6.07) is 13.4. The van der Waals surface area contributed by atoms with Crippen LogP contribution < -0.4 is 5.32 Å². The second-order valence-corrected chi connectivity index (χ2v) is 4.77. The molecule has 0 aliphatic rings. The molecule has 0 saturated heterocycles. The first kappa shape index (κ1) is 13.9. The molecule has 0 atom stereocenters. The summed E-state index contributed by atoms with van der Waals surface area (Å²) in [6.45, 7) is 1.68. The van der Waals surface area contributed by atoms with Crippen LogP contribution in [0.15, 0.2) is 54.9 Å². The Morgan fingerprint density at radius 3 is 2.68 bits per heavy atom. The van der Waals surface area contributed by atoms with Gasteiger partial charge in [0.05, 0.1) is 5.69 Å². The standard InChI is InChI=1S/C16H13FN4O/c1-11-9-12(17)7-8-14(11)15(22)19-16-20-18-10-21(16)13-5-3-2-4-6-13/h2-10H,1H3,(H,19,20,22). The van der Waals surface area contributed by atoms with Gasteiger partial charge in [0.2, 0.25) is 5.95 Å². The predicted octanol–water partition coefficient (Wildman–Crippen LogP) is 2.97. The highest BCUT2D eigenvalue weighted by atomic mass is 19.1. The summed E-state index contributed by atoms with van der Waals surface area (Å²) >= 11 is 0. The lowest BCUT2D eigenvalue weighted by Gasteiger charge is -2.09. The van der Waals surface area contributed by atoms with Crippen LogP contribution in [0.2, 0.25) is 0 Å². The molecule has 1 aromatic heterocycles. The third-order valence-electron chi connectivity index (χ3n) is 3.24. The molecule has 1 N–H and O–H groups in total. The normalized spacial score (nSPS) is 10.5. The number of aryl methyl sites for hydroxylation is 1. The molecule has 0 fully saturated rings. The Hall–Kier alpha value is -3.02. The second kappa shape index (κ2) is 5.77. The minimum atomic E-state index is -0.374. The topological polar surface area (TPSA) is 59.8 Å². The zero-order valence-electron chi connectivity index (χ0n) is 11.8. The fourth-order valence-corrected chi connectivity index (χ4v) is 2.15. The van der Waals surface area contributed by atoms with Gasteiger partial charge < -0.3 is 0 Å². The van der Waals surface area contributed by atoms with Crippen molar-refractivity contribution in [2.75, 3.05) is 5.32 Å². The van der Waals surface area contributed by atoms with Crippen LogP contribution in [0.5, 0.6) is 0 Å². The lowest BCUT2D eigenvalue weighted by Crippen LogP contribution is -2.16. The molecular weight excluding hydrogens is 283 g/mol. The number of hydrogen-bond donors (Lipinski definition) is 1. The largest absolute Gasteiger partial charge is 0.290 e. The Bertz CT molecular complexity index is 814. The van der Waals surface area contributed by atoms with Crippen molar-refractivity contribution in [2.45, 2.75) is 6.92 Å². The maximum atomic E-state index is 13.1. The molecular formula is C16H13FN4O. The minimum absolute atomic E-state index is 0.305. The van der Waals surface area contributed by atoms with Gasteiger partial charge in [0, 0.05) is 5.56 Å². The first-order chi connectivity index (χ1) is 10.6. The number of para-hydroxylation sites is 1. The second-order valence-electron chi connectivity index (χ2n) is 4.77. The Morgan fingerprint density at radius 1 is 1.18 bits per heavy atom. The third-order valence-corrected chi connectivity index (χ3v) is 3.24. The zero-order valence-corrected chi connectivity index (χ0v) is 11.8. The monoisotopic (exact) mass is 296 g/mol. The highest BCUT2D eigenvalue weighted by Crippen LogP contribution is 2.15. The molecule has 0 bridgehead atoms. The Morgan fingerprint density at radius 2 is 1.95 bits per heavy atom. The Kier molecular flexibility index (Phi) is 3.65. The summed E-state index contributed by atoms with van der Waals surface area (Å²) in [6.07, 6.45) is 1.52. The molecule has 5 nitrogen and oxygen atoms in total. The zero-order chi connectivity index (χ0) is 15.5. The molecule has 3 aromatic rings. The SMILES string of the molecule is Cc1cc(F)ccc1C(=O)Nc1nncn1-c1ccccc1. The van der Waals surface area contributed by atoms with Crippen molar-refractivity contribution in [1.29, 1.82) is 0 Å². The number of carbonyl (C=O) groups excluding carboxylic acids is 1. The number of nitrogens with one attached hydrogen (secondary N) is 1. The molecule has 0 radical (unpaired) electrons. The lowest BCUT2D eigenvalue weighted by molar-refractivity contribution is 0.102. The van der Waals surface area contributed by atoms with Gasteiger partial charge in [0.15, 0.2) is 0 Å². The number of aromatic nitrogens is 3. The lowest BCUT2D eigenvalue weighted by atomic mass is 10.1. The Labute approximate surface area is 126 Å². The molecule has 0 unspecified atom stereocenters. The molecule has 1 amide bonds. The fourth-order valence-electron chi connectivity index (χ4n) is 2.15. The van der Waals surface area contributed by atoms with Crippen LogP contribution in [0.3, 0.4) is 0 Å². The van der Waals surface area contributed by atoms with Gasteiger partial charge in [-0.25, -0.2) is 4.39 Å². The fraction of sp³-hybridized carbons (Fsp3) is 0.0625. The van der Waals surface area contributed by atoms with Crippen molar-refractivity contribution < 1.29 is 9.18 Å². The molecule has 0 aliphatic heterocycles. The van der Waals surface area contributed by atoms with E-state index in [1.54, 1.807) is 11.5 Å². The smallest absolute Gasteiger partial charge is 0.258 e. The van der Waals surface area contributed by atoms with Gasteiger partial charge in [-0.2, -0.15) is 0 Å². The van der Waals surface area contributed by atoms with E-state index in [9.17, 15) is 9.18 Å². The van der Waals surface area contributed by atoms with Gasteiger partial charge in [-0.1, -0.05) is 18.2 Å². The summed E-state index contributed by atoms with van der Waals surface area (Å²) < 4.78 is 14.8. The number of anilines is 1. The average molecular weight is 296 g/mol. The summed E-state index contributed by atoms with van der Waals surface area (Å²) in [5.41, 5.74) is 1.78. The summed E-state index contributed by atoms with van der Waals surface area (Å²) in [4.78, 5) is 12.3. The highest BCUT2D eigenvalue weighted by molar-refractivity contribution is 6.04. The van der Waals surface area contributed by atoms with Crippen molar-refractivity contribution >= 4 is 11.9 Å². The quantitative estimate of drug-likeness (QED) is 0.808. The predicted molar refractivity (Wildman–Crippen MR) is 80.4 cm³/mol. The van der Waals surface area contributed by atoms with Crippen LogP contribution >= 0.6 is 0 Å². The van der Waals surface area contributed by atoms with Crippen molar-refractivity contribution in [1.82, 2.24) is 14.8 Å². The van der Waals surface area contributed by atoms with Crippen LogP contribution in [-0.4, -0.2) is 20.7 Å². The number of hydrogen-bond acceptors (Lipinski definition) is 3. The van der Waals surface area contributed by atoms with E-state index in [-0.39, 0.29) is 11.7 Å². The number of carbonyl (C=O) groups is 1. The van der Waals surface area contributed by atoms with Gasteiger partial charge in [0.1, 0.15) is 12.1 Å². The van der Waals surface area contributed by atoms with Crippen LogP contribution in [0.4, 0.5) is 10.3 Å². The van der Waals surface area contributed by atoms with E-state index in [1.165, 1.54) is 24.5 Å². The molecule has 3 rings (SSSR count). The third kappa shape index (κ3) is 2.71. The number of halogens is 1. The van der Waals surface area contributed by atoms with Gasteiger partial charge in [-0.05, 0) is 42.8 Å². The minimum Gasteiger partial charge on any atom is -0.290 e. The van der Waals surface area contributed by atoms with E-state index in [0.717, 1.165) is 5.69 Å². The molecule has 22 heavy (non-hydrogen) atoms. The summed E-state index contributed by atoms with van der Waals surface area (Å²) in [5.74, 6) is -0.427.